The number of carbonyl (C=O) groups is 2. The largest absolute Gasteiger partial charge is 0.460 e. The molecule has 0 atom stereocenters. The van der Waals surface area contributed by atoms with Crippen LogP contribution in [-0.2, 0) is 14.3 Å². The molecule has 0 radical (unpaired) electrons. The second-order valence-corrected chi connectivity index (χ2v) is 6.63. The van der Waals surface area contributed by atoms with E-state index in [2.05, 4.69) is 18.0 Å². The summed E-state index contributed by atoms with van der Waals surface area (Å²) in [4.78, 5) is 26.3. The Bertz CT molecular complexity index is 1010. The van der Waals surface area contributed by atoms with Crippen molar-refractivity contribution in [3.8, 4) is 6.07 Å². The molecular formula is C23H21N3O3. The SMILES string of the molecule is C=C(C)C(=O)OCCNC(=O)C(C#N)=C1c2ccccc2N(C)c2ccccc21. The van der Waals surface area contributed by atoms with Gasteiger partial charge < -0.3 is 15.0 Å². The van der Waals surface area contributed by atoms with Gasteiger partial charge >= 0.3 is 5.97 Å². The molecule has 29 heavy (non-hydrogen) atoms. The average molecular weight is 387 g/mol. The summed E-state index contributed by atoms with van der Waals surface area (Å²) >= 11 is 0. The van der Waals surface area contributed by atoms with Gasteiger partial charge in [-0.15, -0.1) is 0 Å². The summed E-state index contributed by atoms with van der Waals surface area (Å²) in [7, 11) is 1.95. The highest BCUT2D eigenvalue weighted by Crippen LogP contribution is 2.45. The molecule has 6 nitrogen and oxygen atoms in total. The molecule has 0 aromatic heterocycles. The standard InChI is InChI=1S/C23H21N3O3/c1-15(2)23(28)29-13-12-25-22(27)18(14-24)21-16-8-4-6-10-19(16)26(3)20-11-7-5-9-17(20)21/h4-11H,1,12-13H2,2-3H3,(H,25,27). The molecule has 0 saturated heterocycles. The number of carbonyl (C=O) groups excluding carboxylic acids is 2. The molecule has 1 heterocycles. The number of amides is 1. The van der Waals surface area contributed by atoms with Crippen molar-refractivity contribution in [2.75, 3.05) is 25.1 Å². The van der Waals surface area contributed by atoms with Gasteiger partial charge in [0.05, 0.1) is 6.54 Å². The summed E-state index contributed by atoms with van der Waals surface area (Å²) < 4.78 is 4.98. The molecule has 1 aliphatic heterocycles. The molecule has 1 aliphatic rings. The molecule has 1 N–H and O–H groups in total. The third-order valence-corrected chi connectivity index (χ3v) is 4.63. The number of benzene rings is 2. The van der Waals surface area contributed by atoms with Crippen LogP contribution in [0.5, 0.6) is 0 Å². The first kappa shape index (κ1) is 19.9. The molecule has 0 unspecified atom stereocenters. The van der Waals surface area contributed by atoms with Crippen molar-refractivity contribution in [3.63, 3.8) is 0 Å². The van der Waals surface area contributed by atoms with Crippen molar-refractivity contribution in [2.24, 2.45) is 0 Å². The van der Waals surface area contributed by atoms with Gasteiger partial charge in [-0.25, -0.2) is 4.79 Å². The molecular weight excluding hydrogens is 366 g/mol. The lowest BCUT2D eigenvalue weighted by atomic mass is 9.87. The number of hydrogen-bond acceptors (Lipinski definition) is 5. The zero-order valence-electron chi connectivity index (χ0n) is 16.4. The van der Waals surface area contributed by atoms with E-state index in [4.69, 9.17) is 4.74 Å². The van der Waals surface area contributed by atoms with Crippen LogP contribution < -0.4 is 10.2 Å². The van der Waals surface area contributed by atoms with Crippen LogP contribution >= 0.6 is 0 Å². The van der Waals surface area contributed by atoms with Crippen LogP contribution in [0, 0.1) is 11.3 Å². The highest BCUT2D eigenvalue weighted by atomic mass is 16.5. The van der Waals surface area contributed by atoms with Gasteiger partial charge in [0.2, 0.25) is 0 Å². The fraction of sp³-hybridized carbons (Fsp3) is 0.174. The number of fused-ring (bicyclic) bond motifs is 2. The molecule has 0 bridgehead atoms. The molecule has 0 spiro atoms. The second-order valence-electron chi connectivity index (χ2n) is 6.63. The summed E-state index contributed by atoms with van der Waals surface area (Å²) in [6.07, 6.45) is 0. The summed E-state index contributed by atoms with van der Waals surface area (Å²) in [5, 5.41) is 12.5. The zero-order valence-corrected chi connectivity index (χ0v) is 16.4. The van der Waals surface area contributed by atoms with Crippen molar-refractivity contribution in [2.45, 2.75) is 6.92 Å². The highest BCUT2D eigenvalue weighted by Gasteiger charge is 2.28. The third-order valence-electron chi connectivity index (χ3n) is 4.63. The number of para-hydroxylation sites is 2. The maximum absolute atomic E-state index is 12.8. The van der Waals surface area contributed by atoms with Crippen molar-refractivity contribution in [1.82, 2.24) is 5.32 Å². The van der Waals surface area contributed by atoms with Gasteiger partial charge in [-0.2, -0.15) is 5.26 Å². The Balaban J connectivity index is 1.94. The predicted molar refractivity (Wildman–Crippen MR) is 111 cm³/mol. The summed E-state index contributed by atoms with van der Waals surface area (Å²) in [5.41, 5.74) is 4.35. The number of rotatable bonds is 5. The molecule has 2 aromatic carbocycles. The highest BCUT2D eigenvalue weighted by molar-refractivity contribution is 6.12. The van der Waals surface area contributed by atoms with E-state index in [9.17, 15) is 14.9 Å². The molecule has 2 aromatic rings. The molecule has 0 saturated carbocycles. The van der Waals surface area contributed by atoms with Crippen LogP contribution in [0.2, 0.25) is 0 Å². The summed E-state index contributed by atoms with van der Waals surface area (Å²) in [6.45, 7) is 5.15. The first-order chi connectivity index (χ1) is 14.0. The zero-order chi connectivity index (χ0) is 21.0. The van der Waals surface area contributed by atoms with E-state index in [0.717, 1.165) is 22.5 Å². The Morgan fingerprint density at radius 1 is 1.10 bits per heavy atom. The van der Waals surface area contributed by atoms with E-state index in [0.29, 0.717) is 5.57 Å². The lowest BCUT2D eigenvalue weighted by Crippen LogP contribution is -2.30. The molecule has 3 rings (SSSR count). The quantitative estimate of drug-likeness (QED) is 0.368. The fourth-order valence-corrected chi connectivity index (χ4v) is 3.24. The number of ether oxygens (including phenoxy) is 1. The molecule has 0 fully saturated rings. The van der Waals surface area contributed by atoms with Crippen molar-refractivity contribution in [3.05, 3.63) is 77.4 Å². The maximum Gasteiger partial charge on any atom is 0.333 e. The van der Waals surface area contributed by atoms with Crippen LogP contribution in [-0.4, -0.2) is 32.1 Å². The van der Waals surface area contributed by atoms with Gasteiger partial charge in [0.15, 0.2) is 0 Å². The van der Waals surface area contributed by atoms with E-state index in [-0.39, 0.29) is 24.3 Å². The monoisotopic (exact) mass is 387 g/mol. The van der Waals surface area contributed by atoms with Crippen LogP contribution in [0.1, 0.15) is 18.1 Å². The summed E-state index contributed by atoms with van der Waals surface area (Å²) in [6, 6.07) is 17.4. The second kappa shape index (κ2) is 8.44. The number of nitrogens with one attached hydrogen (secondary N) is 1. The van der Waals surface area contributed by atoms with Crippen molar-refractivity contribution >= 4 is 28.8 Å². The van der Waals surface area contributed by atoms with Gasteiger partial charge in [-0.1, -0.05) is 43.0 Å². The van der Waals surface area contributed by atoms with E-state index < -0.39 is 11.9 Å². The first-order valence-electron chi connectivity index (χ1n) is 9.13. The van der Waals surface area contributed by atoms with E-state index in [1.54, 1.807) is 6.92 Å². The van der Waals surface area contributed by atoms with Gasteiger partial charge in [-0.3, -0.25) is 4.79 Å². The number of esters is 1. The third kappa shape index (κ3) is 3.90. The minimum Gasteiger partial charge on any atom is -0.460 e. The molecule has 146 valence electrons. The average Bonchev–Trinajstić information content (AvgIpc) is 2.73. The van der Waals surface area contributed by atoms with Gasteiger partial charge in [0.1, 0.15) is 18.2 Å². The van der Waals surface area contributed by atoms with E-state index in [1.165, 1.54) is 0 Å². The Hall–Kier alpha value is -3.85. The fourth-order valence-electron chi connectivity index (χ4n) is 3.24. The first-order valence-corrected chi connectivity index (χ1v) is 9.13. The molecule has 0 aliphatic carbocycles. The van der Waals surface area contributed by atoms with Crippen LogP contribution in [0.25, 0.3) is 5.57 Å². The summed E-state index contributed by atoms with van der Waals surface area (Å²) in [5.74, 6) is -1.03. The van der Waals surface area contributed by atoms with Gasteiger partial charge in [0, 0.05) is 40.7 Å². The van der Waals surface area contributed by atoms with E-state index in [1.807, 2.05) is 60.5 Å². The Kier molecular flexibility index (Phi) is 5.79. The number of nitrogens with zero attached hydrogens (tertiary/aromatic N) is 2. The lowest BCUT2D eigenvalue weighted by molar-refractivity contribution is -0.139. The van der Waals surface area contributed by atoms with Crippen LogP contribution in [0.15, 0.2) is 66.3 Å². The maximum atomic E-state index is 12.8. The predicted octanol–water partition coefficient (Wildman–Crippen LogP) is 3.33. The van der Waals surface area contributed by atoms with Gasteiger partial charge in [-0.05, 0) is 19.1 Å². The minimum absolute atomic E-state index is 0.00138. The van der Waals surface area contributed by atoms with Crippen molar-refractivity contribution < 1.29 is 14.3 Å². The van der Waals surface area contributed by atoms with E-state index >= 15 is 0 Å². The number of nitriles is 1. The van der Waals surface area contributed by atoms with Crippen LogP contribution in [0.3, 0.4) is 0 Å². The van der Waals surface area contributed by atoms with Gasteiger partial charge in [0.25, 0.3) is 5.91 Å². The molecule has 6 heteroatoms. The Morgan fingerprint density at radius 3 is 2.17 bits per heavy atom. The van der Waals surface area contributed by atoms with Crippen molar-refractivity contribution in [1.29, 1.82) is 5.26 Å². The Morgan fingerprint density at radius 2 is 1.66 bits per heavy atom. The van der Waals surface area contributed by atoms with Crippen LogP contribution in [0.4, 0.5) is 11.4 Å². The topological polar surface area (TPSA) is 82.4 Å². The normalized spacial score (nSPS) is 11.6. The Labute approximate surface area is 169 Å². The molecule has 1 amide bonds. The smallest absolute Gasteiger partial charge is 0.333 e. The lowest BCUT2D eigenvalue weighted by Gasteiger charge is -2.32. The number of hydrogen-bond donors (Lipinski definition) is 1. The minimum atomic E-state index is -0.517. The number of anilines is 2.